The molecule has 1 aliphatic rings. The molecule has 8 nitrogen and oxygen atoms in total. The highest BCUT2D eigenvalue weighted by Crippen LogP contribution is 2.33. The minimum absolute atomic E-state index is 0.0195. The number of hydrogen-bond acceptors (Lipinski definition) is 5. The lowest BCUT2D eigenvalue weighted by Crippen LogP contribution is -2.49. The zero-order chi connectivity index (χ0) is 30.6. The van der Waals surface area contributed by atoms with Gasteiger partial charge in [-0.25, -0.2) is 4.39 Å². The summed E-state index contributed by atoms with van der Waals surface area (Å²) in [5.41, 5.74) is 1.98. The maximum absolute atomic E-state index is 14.3. The minimum Gasteiger partial charge on any atom is -0.489 e. The predicted octanol–water partition coefficient (Wildman–Crippen LogP) is 4.52. The van der Waals surface area contributed by atoms with Gasteiger partial charge in [0.25, 0.3) is 0 Å². The summed E-state index contributed by atoms with van der Waals surface area (Å²) in [6.45, 7) is 9.50. The molecule has 2 aromatic carbocycles. The second-order valence-electron chi connectivity index (χ2n) is 9.46. The number of likely N-dealkylation sites (N-methyl/N-ethyl adjacent to an activating group) is 2. The number of amides is 3. The highest BCUT2D eigenvalue weighted by atomic mass is 35.5. The van der Waals surface area contributed by atoms with Crippen molar-refractivity contribution in [2.24, 2.45) is 5.92 Å². The van der Waals surface area contributed by atoms with Gasteiger partial charge in [0.05, 0.1) is 12.6 Å². The molecule has 2 aromatic rings. The number of para-hydroxylation sites is 1. The van der Waals surface area contributed by atoms with E-state index in [-0.39, 0.29) is 42.7 Å². The van der Waals surface area contributed by atoms with E-state index < -0.39 is 5.82 Å². The number of ether oxygens (including phenoxy) is 1. The average Bonchev–Trinajstić information content (AvgIpc) is 3.80. The van der Waals surface area contributed by atoms with Crippen molar-refractivity contribution in [2.75, 3.05) is 39.8 Å². The van der Waals surface area contributed by atoms with Crippen LogP contribution in [-0.4, -0.2) is 69.0 Å². The molecule has 0 spiro atoms. The third kappa shape index (κ3) is 14.3. The van der Waals surface area contributed by atoms with Gasteiger partial charge in [-0.2, -0.15) is 0 Å². The molecular formula is C31H46ClFN4O4. The van der Waals surface area contributed by atoms with Crippen molar-refractivity contribution in [3.8, 4) is 5.75 Å². The fourth-order valence-corrected chi connectivity index (χ4v) is 4.05. The quantitative estimate of drug-likeness (QED) is 0.209. The third-order valence-electron chi connectivity index (χ3n) is 6.11. The van der Waals surface area contributed by atoms with Gasteiger partial charge < -0.3 is 25.6 Å². The van der Waals surface area contributed by atoms with Crippen LogP contribution in [0.15, 0.2) is 42.5 Å². The fourth-order valence-electron chi connectivity index (χ4n) is 3.92. The van der Waals surface area contributed by atoms with Crippen LogP contribution in [0.3, 0.4) is 0 Å². The Labute approximate surface area is 249 Å². The summed E-state index contributed by atoms with van der Waals surface area (Å²) in [5.74, 6) is -0.288. The Morgan fingerprint density at radius 3 is 2.41 bits per heavy atom. The van der Waals surface area contributed by atoms with Crippen LogP contribution in [0, 0.1) is 18.7 Å². The summed E-state index contributed by atoms with van der Waals surface area (Å²) in [6, 6.07) is 12.2. The van der Waals surface area contributed by atoms with E-state index >= 15 is 0 Å². The lowest BCUT2D eigenvalue weighted by molar-refractivity contribution is -0.136. The molecule has 0 aliphatic heterocycles. The standard InChI is InChI=1S/C22H33FN4O4.C7H7Cl.C2H6/c1-3-25-19(29)14-27(2)22(30)20(16-9-10-16)26-12-13-31-21-17(6-4-8-18(21)23)7-5-11-24-15-28;1-6-2-4-7(8)5-3-6;1-2/h4,6,8,15-16,20,26H,3,5,7,9-14H2,1-2H3,(H,24,28)(H,25,29);2-5H,1H3;1-2H3. The highest BCUT2D eigenvalue weighted by Gasteiger charge is 2.37. The molecule has 3 rings (SSSR count). The van der Waals surface area contributed by atoms with Crippen molar-refractivity contribution >= 4 is 29.8 Å². The van der Waals surface area contributed by atoms with Crippen molar-refractivity contribution in [3.63, 3.8) is 0 Å². The number of carbonyl (C=O) groups is 3. The SMILES string of the molecule is CC.CCNC(=O)CN(C)C(=O)C(NCCOc1c(F)cccc1CCCNC=O)C1CC1.Cc1ccc(Cl)cc1. The molecule has 0 aromatic heterocycles. The van der Waals surface area contributed by atoms with Gasteiger partial charge in [-0.3, -0.25) is 14.4 Å². The van der Waals surface area contributed by atoms with E-state index in [1.807, 2.05) is 52.0 Å². The van der Waals surface area contributed by atoms with Gasteiger partial charge in [0.1, 0.15) is 6.61 Å². The van der Waals surface area contributed by atoms with Crippen LogP contribution >= 0.6 is 11.6 Å². The first-order valence-corrected chi connectivity index (χ1v) is 14.7. The van der Waals surface area contributed by atoms with Gasteiger partial charge in [-0.05, 0) is 69.2 Å². The largest absolute Gasteiger partial charge is 0.489 e. The van der Waals surface area contributed by atoms with Crippen LogP contribution in [0.5, 0.6) is 5.75 Å². The summed E-state index contributed by atoms with van der Waals surface area (Å²) < 4.78 is 19.9. The number of nitrogens with one attached hydrogen (secondary N) is 3. The van der Waals surface area contributed by atoms with Gasteiger partial charge in [-0.1, -0.05) is 55.3 Å². The Hall–Kier alpha value is -3.17. The van der Waals surface area contributed by atoms with Gasteiger partial charge in [-0.15, -0.1) is 0 Å². The summed E-state index contributed by atoms with van der Waals surface area (Å²) in [6.07, 6.45) is 3.82. The molecular weight excluding hydrogens is 547 g/mol. The number of nitrogens with zero attached hydrogens (tertiary/aromatic N) is 1. The average molecular weight is 593 g/mol. The van der Waals surface area contributed by atoms with E-state index in [1.165, 1.54) is 16.5 Å². The molecule has 0 heterocycles. The molecule has 1 saturated carbocycles. The van der Waals surface area contributed by atoms with Crippen molar-refractivity contribution in [2.45, 2.75) is 59.4 Å². The molecule has 0 saturated heterocycles. The molecule has 41 heavy (non-hydrogen) atoms. The Morgan fingerprint density at radius 1 is 1.15 bits per heavy atom. The van der Waals surface area contributed by atoms with Crippen molar-refractivity contribution in [1.29, 1.82) is 0 Å². The lowest BCUT2D eigenvalue weighted by atomic mass is 10.1. The lowest BCUT2D eigenvalue weighted by Gasteiger charge is -2.24. The van der Waals surface area contributed by atoms with Crippen molar-refractivity contribution < 1.29 is 23.5 Å². The van der Waals surface area contributed by atoms with Crippen molar-refractivity contribution in [1.82, 2.24) is 20.9 Å². The number of halogens is 2. The first-order chi connectivity index (χ1) is 19.8. The van der Waals surface area contributed by atoms with Crippen LogP contribution in [0.4, 0.5) is 4.39 Å². The molecule has 0 bridgehead atoms. The molecule has 1 fully saturated rings. The molecule has 1 aliphatic carbocycles. The van der Waals surface area contributed by atoms with E-state index in [0.717, 1.165) is 23.4 Å². The molecule has 1 atom stereocenters. The maximum atomic E-state index is 14.3. The first-order valence-electron chi connectivity index (χ1n) is 14.3. The van der Waals surface area contributed by atoms with Gasteiger partial charge in [0, 0.05) is 31.7 Å². The summed E-state index contributed by atoms with van der Waals surface area (Å²) in [7, 11) is 1.62. The fraction of sp³-hybridized carbons (Fsp3) is 0.516. The second kappa shape index (κ2) is 20.7. The van der Waals surface area contributed by atoms with Crippen LogP contribution in [0.25, 0.3) is 0 Å². The van der Waals surface area contributed by atoms with Gasteiger partial charge in [0.15, 0.2) is 11.6 Å². The van der Waals surface area contributed by atoms with Crippen LogP contribution < -0.4 is 20.7 Å². The minimum atomic E-state index is -0.433. The molecule has 3 amide bonds. The molecule has 228 valence electrons. The maximum Gasteiger partial charge on any atom is 0.240 e. The Bertz CT molecular complexity index is 1030. The number of hydrogen-bond donors (Lipinski definition) is 3. The topological polar surface area (TPSA) is 99.8 Å². The predicted molar refractivity (Wildman–Crippen MR) is 163 cm³/mol. The summed E-state index contributed by atoms with van der Waals surface area (Å²) in [4.78, 5) is 36.3. The number of rotatable bonds is 15. The smallest absolute Gasteiger partial charge is 0.240 e. The Balaban J connectivity index is 0.000000711. The number of carbonyl (C=O) groups excluding carboxylic acids is 3. The Kier molecular flexibility index (Phi) is 18.1. The first kappa shape index (κ1) is 35.9. The number of aryl methyl sites for hydroxylation is 2. The van der Waals surface area contributed by atoms with Gasteiger partial charge in [0.2, 0.25) is 18.2 Å². The van der Waals surface area contributed by atoms with Crippen LogP contribution in [-0.2, 0) is 20.8 Å². The zero-order valence-corrected chi connectivity index (χ0v) is 25.7. The monoisotopic (exact) mass is 592 g/mol. The molecule has 10 heteroatoms. The summed E-state index contributed by atoms with van der Waals surface area (Å²) in [5, 5.41) is 9.29. The van der Waals surface area contributed by atoms with E-state index in [0.29, 0.717) is 38.9 Å². The molecule has 1 unspecified atom stereocenters. The van der Waals surface area contributed by atoms with E-state index in [9.17, 15) is 18.8 Å². The number of benzene rings is 2. The van der Waals surface area contributed by atoms with E-state index in [1.54, 1.807) is 19.2 Å². The second-order valence-corrected chi connectivity index (χ2v) is 9.90. The van der Waals surface area contributed by atoms with E-state index in [2.05, 4.69) is 16.0 Å². The molecule has 3 N–H and O–H groups in total. The van der Waals surface area contributed by atoms with Gasteiger partial charge >= 0.3 is 0 Å². The van der Waals surface area contributed by atoms with Crippen LogP contribution in [0.2, 0.25) is 5.02 Å². The normalized spacial score (nSPS) is 12.5. The summed E-state index contributed by atoms with van der Waals surface area (Å²) >= 11 is 5.61. The van der Waals surface area contributed by atoms with E-state index in [4.69, 9.17) is 16.3 Å². The Morgan fingerprint density at radius 2 is 1.83 bits per heavy atom. The zero-order valence-electron chi connectivity index (χ0n) is 25.0. The third-order valence-corrected chi connectivity index (χ3v) is 6.37. The highest BCUT2D eigenvalue weighted by molar-refractivity contribution is 6.30. The van der Waals surface area contributed by atoms with Crippen molar-refractivity contribution in [3.05, 3.63) is 64.4 Å². The van der Waals surface area contributed by atoms with Crippen LogP contribution in [0.1, 0.15) is 51.2 Å². The molecule has 0 radical (unpaired) electrons.